The lowest BCUT2D eigenvalue weighted by atomic mass is 9.88. The molecule has 0 radical (unpaired) electrons. The fourth-order valence-electron chi connectivity index (χ4n) is 2.41. The Bertz CT molecular complexity index is 272. The summed E-state index contributed by atoms with van der Waals surface area (Å²) in [5, 5.41) is -0.745. The van der Waals surface area contributed by atoms with Crippen LogP contribution < -0.4 is 0 Å². The molecule has 2 unspecified atom stereocenters. The van der Waals surface area contributed by atoms with Crippen LogP contribution in [0.3, 0.4) is 0 Å². The standard InChI is InChI=1S/C10H19FO2S/c1-8(2)9-6-4-3-5-7-10(9)14(11,12)13/h8-10H,3-7H2,1-2H3. The highest BCUT2D eigenvalue weighted by atomic mass is 32.3. The fraction of sp³-hybridized carbons (Fsp3) is 1.00. The zero-order valence-corrected chi connectivity index (χ0v) is 9.69. The van der Waals surface area contributed by atoms with Gasteiger partial charge in [0, 0.05) is 0 Å². The molecule has 0 spiro atoms. The van der Waals surface area contributed by atoms with E-state index in [1.54, 1.807) is 0 Å². The Morgan fingerprint density at radius 1 is 1.14 bits per heavy atom. The molecule has 0 saturated heterocycles. The smallest absolute Gasteiger partial charge is 0.195 e. The van der Waals surface area contributed by atoms with E-state index in [9.17, 15) is 12.3 Å². The van der Waals surface area contributed by atoms with E-state index < -0.39 is 15.5 Å². The van der Waals surface area contributed by atoms with Crippen molar-refractivity contribution < 1.29 is 12.3 Å². The van der Waals surface area contributed by atoms with Crippen molar-refractivity contribution in [2.75, 3.05) is 0 Å². The van der Waals surface area contributed by atoms with Crippen LogP contribution in [0.25, 0.3) is 0 Å². The second-order valence-electron chi connectivity index (χ2n) is 4.56. The number of halogens is 1. The lowest BCUT2D eigenvalue weighted by Crippen LogP contribution is -2.29. The number of hydrogen-bond acceptors (Lipinski definition) is 2. The largest absolute Gasteiger partial charge is 0.305 e. The molecule has 0 aromatic heterocycles. The molecule has 0 aromatic rings. The van der Waals surface area contributed by atoms with Crippen molar-refractivity contribution in [3.8, 4) is 0 Å². The molecule has 2 atom stereocenters. The predicted molar refractivity (Wildman–Crippen MR) is 55.2 cm³/mol. The van der Waals surface area contributed by atoms with Gasteiger partial charge >= 0.3 is 10.2 Å². The third-order valence-electron chi connectivity index (χ3n) is 3.22. The minimum absolute atomic E-state index is 0.00694. The summed E-state index contributed by atoms with van der Waals surface area (Å²) in [7, 11) is -4.34. The Morgan fingerprint density at radius 3 is 2.21 bits per heavy atom. The molecular weight excluding hydrogens is 203 g/mol. The molecule has 14 heavy (non-hydrogen) atoms. The molecule has 0 bridgehead atoms. The number of hydrogen-bond donors (Lipinski definition) is 0. The molecule has 0 amide bonds. The quantitative estimate of drug-likeness (QED) is 0.532. The van der Waals surface area contributed by atoms with Gasteiger partial charge in [0.2, 0.25) is 0 Å². The third kappa shape index (κ3) is 2.94. The van der Waals surface area contributed by atoms with E-state index in [1.807, 2.05) is 13.8 Å². The molecule has 0 heterocycles. The van der Waals surface area contributed by atoms with Crippen LogP contribution in [0.15, 0.2) is 0 Å². The zero-order valence-electron chi connectivity index (χ0n) is 8.87. The minimum Gasteiger partial charge on any atom is -0.195 e. The van der Waals surface area contributed by atoms with E-state index in [-0.39, 0.29) is 11.8 Å². The average Bonchev–Trinajstić information content (AvgIpc) is 2.26. The van der Waals surface area contributed by atoms with Gasteiger partial charge < -0.3 is 0 Å². The Hall–Kier alpha value is -0.120. The van der Waals surface area contributed by atoms with E-state index >= 15 is 0 Å². The van der Waals surface area contributed by atoms with Crippen LogP contribution in [0.5, 0.6) is 0 Å². The van der Waals surface area contributed by atoms with E-state index in [0.717, 1.165) is 25.7 Å². The van der Waals surface area contributed by atoms with Gasteiger partial charge in [0.05, 0.1) is 5.25 Å². The average molecular weight is 222 g/mol. The van der Waals surface area contributed by atoms with Crippen molar-refractivity contribution in [1.82, 2.24) is 0 Å². The summed E-state index contributed by atoms with van der Waals surface area (Å²) in [5.74, 6) is 0.260. The van der Waals surface area contributed by atoms with Crippen molar-refractivity contribution in [3.05, 3.63) is 0 Å². The first kappa shape index (κ1) is 12.0. The van der Waals surface area contributed by atoms with E-state index in [0.29, 0.717) is 6.42 Å². The Labute approximate surface area is 86.1 Å². The molecule has 1 saturated carbocycles. The summed E-state index contributed by atoms with van der Waals surface area (Å²) in [6.45, 7) is 3.96. The summed E-state index contributed by atoms with van der Waals surface area (Å²) in [6.07, 6.45) is 4.27. The van der Waals surface area contributed by atoms with Gasteiger partial charge in [0.1, 0.15) is 0 Å². The molecular formula is C10H19FO2S. The first-order valence-electron chi connectivity index (χ1n) is 5.36. The topological polar surface area (TPSA) is 34.1 Å². The van der Waals surface area contributed by atoms with Crippen LogP contribution >= 0.6 is 0 Å². The van der Waals surface area contributed by atoms with Crippen molar-refractivity contribution in [1.29, 1.82) is 0 Å². The SMILES string of the molecule is CC(C)C1CCCCCC1S(=O)(=O)F. The van der Waals surface area contributed by atoms with Gasteiger partial charge in [-0.1, -0.05) is 33.1 Å². The molecule has 1 rings (SSSR count). The monoisotopic (exact) mass is 222 g/mol. The zero-order chi connectivity index (χ0) is 10.8. The highest BCUT2D eigenvalue weighted by Crippen LogP contribution is 2.33. The maximum Gasteiger partial charge on any atom is 0.305 e. The van der Waals surface area contributed by atoms with Gasteiger partial charge in [-0.05, 0) is 24.7 Å². The molecule has 4 heteroatoms. The first-order chi connectivity index (χ1) is 6.43. The highest BCUT2D eigenvalue weighted by molar-refractivity contribution is 7.87. The molecule has 1 aliphatic rings. The maximum absolute atomic E-state index is 13.0. The van der Waals surface area contributed by atoms with Crippen molar-refractivity contribution in [2.45, 2.75) is 51.2 Å². The van der Waals surface area contributed by atoms with Gasteiger partial charge in [-0.15, -0.1) is 3.89 Å². The molecule has 0 aliphatic heterocycles. The predicted octanol–water partition coefficient (Wildman–Crippen LogP) is 2.89. The summed E-state index contributed by atoms with van der Waals surface area (Å²) in [4.78, 5) is 0. The first-order valence-corrected chi connectivity index (χ1v) is 6.81. The molecule has 2 nitrogen and oxygen atoms in total. The van der Waals surface area contributed by atoms with E-state index in [2.05, 4.69) is 0 Å². The summed E-state index contributed by atoms with van der Waals surface area (Å²) < 4.78 is 35.0. The van der Waals surface area contributed by atoms with E-state index in [1.165, 1.54) is 0 Å². The van der Waals surface area contributed by atoms with E-state index in [4.69, 9.17) is 0 Å². The Kier molecular flexibility index (Phi) is 3.93. The van der Waals surface area contributed by atoms with Gasteiger partial charge in [0.25, 0.3) is 0 Å². The molecule has 1 aliphatic carbocycles. The molecule has 84 valence electrons. The second-order valence-corrected chi connectivity index (χ2v) is 6.12. The lowest BCUT2D eigenvalue weighted by molar-refractivity contribution is 0.335. The van der Waals surface area contributed by atoms with Crippen molar-refractivity contribution in [2.24, 2.45) is 11.8 Å². The van der Waals surface area contributed by atoms with Gasteiger partial charge in [0.15, 0.2) is 0 Å². The molecule has 0 aromatic carbocycles. The molecule has 1 fully saturated rings. The normalized spacial score (nSPS) is 30.3. The lowest BCUT2D eigenvalue weighted by Gasteiger charge is -2.24. The van der Waals surface area contributed by atoms with Crippen LogP contribution in [-0.2, 0) is 10.2 Å². The summed E-state index contributed by atoms with van der Waals surface area (Å²) in [6, 6.07) is 0. The fourth-order valence-corrected chi connectivity index (χ4v) is 3.73. The van der Waals surface area contributed by atoms with Gasteiger partial charge in [-0.25, -0.2) is 0 Å². The van der Waals surface area contributed by atoms with Crippen LogP contribution in [-0.4, -0.2) is 13.7 Å². The number of rotatable bonds is 2. The Morgan fingerprint density at radius 2 is 1.71 bits per heavy atom. The Balaban J connectivity index is 2.85. The van der Waals surface area contributed by atoms with Gasteiger partial charge in [-0.3, -0.25) is 0 Å². The summed E-state index contributed by atoms with van der Waals surface area (Å²) >= 11 is 0. The van der Waals surface area contributed by atoms with Gasteiger partial charge in [-0.2, -0.15) is 8.42 Å². The van der Waals surface area contributed by atoms with Crippen LogP contribution in [0.4, 0.5) is 3.89 Å². The molecule has 0 N–H and O–H groups in total. The van der Waals surface area contributed by atoms with Crippen LogP contribution in [0, 0.1) is 11.8 Å². The highest BCUT2D eigenvalue weighted by Gasteiger charge is 2.35. The van der Waals surface area contributed by atoms with Crippen LogP contribution in [0.2, 0.25) is 0 Å². The van der Waals surface area contributed by atoms with Crippen molar-refractivity contribution >= 4 is 10.2 Å². The summed E-state index contributed by atoms with van der Waals surface area (Å²) in [5.41, 5.74) is 0. The maximum atomic E-state index is 13.0. The van der Waals surface area contributed by atoms with Crippen molar-refractivity contribution in [3.63, 3.8) is 0 Å². The second kappa shape index (κ2) is 4.60. The minimum atomic E-state index is -4.34. The third-order valence-corrected chi connectivity index (χ3v) is 4.53. The van der Waals surface area contributed by atoms with Crippen LogP contribution in [0.1, 0.15) is 46.0 Å².